The molecule has 4 aromatic rings. The third-order valence-corrected chi connectivity index (χ3v) is 4.34. The van der Waals surface area contributed by atoms with Crippen molar-refractivity contribution in [1.29, 1.82) is 0 Å². The number of rotatable bonds is 4. The number of hydrogen-bond donors (Lipinski definition) is 3. The Labute approximate surface area is 155 Å². The molecule has 0 atom stereocenters. The summed E-state index contributed by atoms with van der Waals surface area (Å²) < 4.78 is 1.95. The third kappa shape index (κ3) is 3.46. The van der Waals surface area contributed by atoms with Gasteiger partial charge in [-0.05, 0) is 29.8 Å². The summed E-state index contributed by atoms with van der Waals surface area (Å²) in [6.45, 7) is 0.0861. The van der Waals surface area contributed by atoms with E-state index in [-0.39, 0.29) is 12.5 Å². The molecule has 2 aromatic carbocycles. The van der Waals surface area contributed by atoms with Crippen LogP contribution >= 0.6 is 0 Å². The Hall–Kier alpha value is -3.80. The fourth-order valence-corrected chi connectivity index (χ4v) is 3.08. The molecule has 0 aliphatic carbocycles. The summed E-state index contributed by atoms with van der Waals surface area (Å²) in [5.41, 5.74) is 8.21. The second-order valence-corrected chi connectivity index (χ2v) is 6.13. The molecule has 3 N–H and O–H groups in total. The zero-order valence-corrected chi connectivity index (χ0v) is 14.5. The first-order chi connectivity index (χ1) is 13.2. The molecule has 134 valence electrons. The lowest BCUT2D eigenvalue weighted by Gasteiger charge is -2.12. The number of H-pyrrole nitrogens is 1. The van der Waals surface area contributed by atoms with Gasteiger partial charge in [-0.1, -0.05) is 48.5 Å². The van der Waals surface area contributed by atoms with Crippen molar-refractivity contribution in [2.45, 2.75) is 6.54 Å². The van der Waals surface area contributed by atoms with Crippen molar-refractivity contribution in [2.24, 2.45) is 0 Å². The van der Waals surface area contributed by atoms with Crippen LogP contribution in [-0.2, 0) is 11.3 Å². The van der Waals surface area contributed by atoms with E-state index in [0.717, 1.165) is 22.2 Å². The van der Waals surface area contributed by atoms with Crippen molar-refractivity contribution in [3.63, 3.8) is 0 Å². The van der Waals surface area contributed by atoms with Crippen molar-refractivity contribution >= 4 is 22.7 Å². The molecule has 0 radical (unpaired) electrons. The highest BCUT2D eigenvalue weighted by Gasteiger charge is 2.14. The molecule has 6 heteroatoms. The average molecular weight is 358 g/mol. The van der Waals surface area contributed by atoms with E-state index < -0.39 is 5.91 Å². The van der Waals surface area contributed by atoms with Crippen LogP contribution in [0.3, 0.4) is 0 Å². The quantitative estimate of drug-likeness (QED) is 0.490. The molecule has 0 saturated heterocycles. The Morgan fingerprint density at radius 3 is 2.44 bits per heavy atom. The second kappa shape index (κ2) is 7.21. The standard InChI is InChI=1S/C21H18N4O2/c26-20(23-24-21(27)17-10-6-12-22-17)14-25-18-11-5-4-9-16(18)13-19(25)15-7-2-1-3-8-15/h1-13,22H,14H2,(H,23,26)(H,24,27). The van der Waals surface area contributed by atoms with Crippen molar-refractivity contribution in [3.05, 3.63) is 84.7 Å². The summed E-state index contributed by atoms with van der Waals surface area (Å²) in [4.78, 5) is 27.2. The van der Waals surface area contributed by atoms with Crippen molar-refractivity contribution in [2.75, 3.05) is 0 Å². The summed E-state index contributed by atoms with van der Waals surface area (Å²) in [6.07, 6.45) is 1.65. The number of carbonyl (C=O) groups is 2. The molecule has 6 nitrogen and oxygen atoms in total. The van der Waals surface area contributed by atoms with Crippen LogP contribution in [-0.4, -0.2) is 21.4 Å². The van der Waals surface area contributed by atoms with E-state index in [1.54, 1.807) is 18.3 Å². The average Bonchev–Trinajstić information content (AvgIpc) is 3.36. The van der Waals surface area contributed by atoms with Gasteiger partial charge in [-0.15, -0.1) is 0 Å². The number of para-hydroxylation sites is 1. The first kappa shape index (κ1) is 16.7. The van der Waals surface area contributed by atoms with Gasteiger partial charge in [0.05, 0.1) is 0 Å². The first-order valence-corrected chi connectivity index (χ1v) is 8.58. The summed E-state index contributed by atoms with van der Waals surface area (Å²) in [5, 5.41) is 1.06. The molecule has 4 rings (SSSR count). The number of carbonyl (C=O) groups excluding carboxylic acids is 2. The lowest BCUT2D eigenvalue weighted by atomic mass is 10.1. The van der Waals surface area contributed by atoms with Gasteiger partial charge in [0.25, 0.3) is 11.8 Å². The zero-order valence-electron chi connectivity index (χ0n) is 14.5. The van der Waals surface area contributed by atoms with E-state index in [9.17, 15) is 9.59 Å². The highest BCUT2D eigenvalue weighted by molar-refractivity contribution is 5.94. The lowest BCUT2D eigenvalue weighted by Crippen LogP contribution is -2.43. The summed E-state index contributed by atoms with van der Waals surface area (Å²) in [7, 11) is 0. The smallest absolute Gasteiger partial charge is 0.286 e. The molecule has 0 aliphatic rings. The first-order valence-electron chi connectivity index (χ1n) is 8.58. The molecule has 0 fully saturated rings. The molecule has 0 spiro atoms. The van der Waals surface area contributed by atoms with Crippen molar-refractivity contribution in [1.82, 2.24) is 20.4 Å². The van der Waals surface area contributed by atoms with Crippen LogP contribution in [0.4, 0.5) is 0 Å². The number of benzene rings is 2. The Balaban J connectivity index is 1.57. The number of nitrogens with zero attached hydrogens (tertiary/aromatic N) is 1. The third-order valence-electron chi connectivity index (χ3n) is 4.34. The molecular formula is C21H18N4O2. The monoisotopic (exact) mass is 358 g/mol. The van der Waals surface area contributed by atoms with E-state index in [0.29, 0.717) is 5.69 Å². The number of nitrogens with one attached hydrogen (secondary N) is 3. The van der Waals surface area contributed by atoms with Gasteiger partial charge in [-0.3, -0.25) is 20.4 Å². The molecule has 2 heterocycles. The Morgan fingerprint density at radius 2 is 1.67 bits per heavy atom. The van der Waals surface area contributed by atoms with Crippen LogP contribution in [0.1, 0.15) is 10.5 Å². The number of aromatic amines is 1. The molecule has 2 amide bonds. The maximum Gasteiger partial charge on any atom is 0.286 e. The van der Waals surface area contributed by atoms with Gasteiger partial charge < -0.3 is 9.55 Å². The summed E-state index contributed by atoms with van der Waals surface area (Å²) in [6, 6.07) is 23.2. The predicted molar refractivity (Wildman–Crippen MR) is 104 cm³/mol. The van der Waals surface area contributed by atoms with E-state index in [2.05, 4.69) is 21.9 Å². The van der Waals surface area contributed by atoms with Crippen LogP contribution < -0.4 is 10.9 Å². The largest absolute Gasteiger partial charge is 0.357 e. The van der Waals surface area contributed by atoms with Gasteiger partial charge >= 0.3 is 0 Å². The van der Waals surface area contributed by atoms with Gasteiger partial charge in [-0.2, -0.15) is 0 Å². The zero-order chi connectivity index (χ0) is 18.6. The number of fused-ring (bicyclic) bond motifs is 1. The Bertz CT molecular complexity index is 1080. The number of hydrazine groups is 1. The highest BCUT2D eigenvalue weighted by Crippen LogP contribution is 2.28. The van der Waals surface area contributed by atoms with Crippen LogP contribution in [0.2, 0.25) is 0 Å². The summed E-state index contributed by atoms with van der Waals surface area (Å²) >= 11 is 0. The minimum Gasteiger partial charge on any atom is -0.357 e. The maximum absolute atomic E-state index is 12.5. The van der Waals surface area contributed by atoms with Crippen molar-refractivity contribution in [3.8, 4) is 11.3 Å². The van der Waals surface area contributed by atoms with Crippen LogP contribution in [0.25, 0.3) is 22.2 Å². The second-order valence-electron chi connectivity index (χ2n) is 6.13. The van der Waals surface area contributed by atoms with Gasteiger partial charge in [0.2, 0.25) is 0 Å². The Kier molecular flexibility index (Phi) is 4.45. The molecule has 0 bridgehead atoms. The maximum atomic E-state index is 12.5. The molecule has 2 aromatic heterocycles. The number of aromatic nitrogens is 2. The van der Waals surface area contributed by atoms with Crippen LogP contribution in [0.5, 0.6) is 0 Å². The summed E-state index contributed by atoms with van der Waals surface area (Å²) in [5.74, 6) is -0.706. The number of amides is 2. The molecule has 27 heavy (non-hydrogen) atoms. The minimum absolute atomic E-state index is 0.0861. The molecule has 0 saturated carbocycles. The molecule has 0 aliphatic heterocycles. The predicted octanol–water partition coefficient (Wildman–Crippen LogP) is 3.10. The minimum atomic E-state index is -0.394. The Morgan fingerprint density at radius 1 is 0.889 bits per heavy atom. The lowest BCUT2D eigenvalue weighted by molar-refractivity contribution is -0.122. The topological polar surface area (TPSA) is 78.9 Å². The van der Waals surface area contributed by atoms with Crippen molar-refractivity contribution < 1.29 is 9.59 Å². The number of hydrogen-bond acceptors (Lipinski definition) is 2. The van der Waals surface area contributed by atoms with Gasteiger partial charge in [0.1, 0.15) is 12.2 Å². The highest BCUT2D eigenvalue weighted by atomic mass is 16.2. The fourth-order valence-electron chi connectivity index (χ4n) is 3.08. The van der Waals surface area contributed by atoms with Crippen LogP contribution in [0.15, 0.2) is 79.0 Å². The van der Waals surface area contributed by atoms with Gasteiger partial charge in [0, 0.05) is 22.8 Å². The van der Waals surface area contributed by atoms with E-state index in [4.69, 9.17) is 0 Å². The molecular weight excluding hydrogens is 340 g/mol. The van der Waals surface area contributed by atoms with E-state index >= 15 is 0 Å². The van der Waals surface area contributed by atoms with Crippen LogP contribution in [0, 0.1) is 0 Å². The van der Waals surface area contributed by atoms with Gasteiger partial charge in [0.15, 0.2) is 0 Å². The normalized spacial score (nSPS) is 10.7. The van der Waals surface area contributed by atoms with Gasteiger partial charge in [-0.25, -0.2) is 0 Å². The van der Waals surface area contributed by atoms with E-state index in [1.807, 2.05) is 59.2 Å². The fraction of sp³-hybridized carbons (Fsp3) is 0.0476. The van der Waals surface area contributed by atoms with E-state index in [1.165, 1.54) is 0 Å². The SMILES string of the molecule is O=C(Cn1c(-c2ccccc2)cc2ccccc21)NNC(=O)c1ccc[nH]1. The molecule has 0 unspecified atom stereocenters.